The van der Waals surface area contributed by atoms with Crippen LogP contribution < -0.4 is 0 Å². The third-order valence-electron chi connectivity index (χ3n) is 6.37. The van der Waals surface area contributed by atoms with Crippen LogP contribution >= 0.6 is 0 Å². The standard InChI is InChI=1S/C24H31NO6/c1-14(9-15-5-4-6-17(27)10-15)7-8-20(28)21-16(13-31-3)11-18-22(19(21)12-26)24(30)25(2)23(18)29/h4-6,9-10,18-20,22,26-28H,7-8,11-13H2,1-3H3/b14-9+/t18-,19+,20-,22-/m1/s1. The fourth-order valence-corrected chi connectivity index (χ4v) is 4.91. The lowest BCUT2D eigenvalue weighted by Crippen LogP contribution is -2.39. The molecule has 2 amide bonds. The minimum atomic E-state index is -0.857. The smallest absolute Gasteiger partial charge is 0.233 e. The van der Waals surface area contributed by atoms with Gasteiger partial charge in [0.2, 0.25) is 11.8 Å². The molecule has 4 atom stereocenters. The molecule has 3 N–H and O–H groups in total. The number of hydrogen-bond donors (Lipinski definition) is 3. The number of rotatable bonds is 8. The van der Waals surface area contributed by atoms with E-state index in [-0.39, 0.29) is 30.8 Å². The van der Waals surface area contributed by atoms with Crippen LogP contribution in [0, 0.1) is 17.8 Å². The highest BCUT2D eigenvalue weighted by Crippen LogP contribution is 2.45. The molecular weight excluding hydrogens is 398 g/mol. The van der Waals surface area contributed by atoms with Gasteiger partial charge in [0, 0.05) is 20.1 Å². The number of phenolic OH excluding ortho intramolecular Hbond substituents is 1. The van der Waals surface area contributed by atoms with E-state index in [2.05, 4.69) is 0 Å². The number of aliphatic hydroxyl groups excluding tert-OH is 2. The zero-order valence-corrected chi connectivity index (χ0v) is 18.2. The van der Waals surface area contributed by atoms with Crippen molar-refractivity contribution in [3.05, 3.63) is 46.5 Å². The summed E-state index contributed by atoms with van der Waals surface area (Å²) in [6, 6.07) is 6.94. The van der Waals surface area contributed by atoms with Gasteiger partial charge in [0.05, 0.1) is 31.2 Å². The summed E-state index contributed by atoms with van der Waals surface area (Å²) in [4.78, 5) is 26.3. The maximum Gasteiger partial charge on any atom is 0.233 e. The van der Waals surface area contributed by atoms with Gasteiger partial charge < -0.3 is 20.1 Å². The monoisotopic (exact) mass is 429 g/mol. The molecule has 0 spiro atoms. The molecule has 1 aliphatic heterocycles. The zero-order chi connectivity index (χ0) is 22.7. The largest absolute Gasteiger partial charge is 0.508 e. The summed E-state index contributed by atoms with van der Waals surface area (Å²) in [5.41, 5.74) is 3.33. The minimum absolute atomic E-state index is 0.194. The Kier molecular flexibility index (Phi) is 7.30. The van der Waals surface area contributed by atoms with Crippen LogP contribution in [0.15, 0.2) is 41.0 Å². The lowest BCUT2D eigenvalue weighted by molar-refractivity contribution is -0.138. The molecule has 1 aliphatic carbocycles. The highest BCUT2D eigenvalue weighted by Gasteiger charge is 2.53. The summed E-state index contributed by atoms with van der Waals surface area (Å²) in [6.07, 6.45) is 2.46. The molecule has 168 valence electrons. The van der Waals surface area contributed by atoms with Crippen molar-refractivity contribution in [2.24, 2.45) is 17.8 Å². The number of methoxy groups -OCH3 is 1. The molecule has 3 rings (SSSR count). The summed E-state index contributed by atoms with van der Waals surface area (Å²) in [5, 5.41) is 30.8. The Balaban J connectivity index is 1.82. The molecule has 1 saturated heterocycles. The summed E-state index contributed by atoms with van der Waals surface area (Å²) >= 11 is 0. The molecule has 0 aromatic heterocycles. The maximum atomic E-state index is 12.7. The summed E-state index contributed by atoms with van der Waals surface area (Å²) < 4.78 is 5.31. The van der Waals surface area contributed by atoms with Crippen molar-refractivity contribution in [2.45, 2.75) is 32.3 Å². The second-order valence-electron chi connectivity index (χ2n) is 8.49. The Bertz CT molecular complexity index is 905. The molecule has 0 saturated carbocycles. The molecule has 1 fully saturated rings. The topological polar surface area (TPSA) is 107 Å². The van der Waals surface area contributed by atoms with Crippen molar-refractivity contribution in [1.29, 1.82) is 0 Å². The van der Waals surface area contributed by atoms with Crippen LogP contribution in [-0.2, 0) is 14.3 Å². The number of aliphatic hydroxyl groups is 2. The van der Waals surface area contributed by atoms with Crippen LogP contribution in [0.3, 0.4) is 0 Å². The van der Waals surface area contributed by atoms with Crippen molar-refractivity contribution in [3.8, 4) is 5.75 Å². The van der Waals surface area contributed by atoms with E-state index < -0.39 is 23.9 Å². The number of amides is 2. The number of nitrogens with zero attached hydrogens (tertiary/aromatic N) is 1. The summed E-state index contributed by atoms with van der Waals surface area (Å²) in [7, 11) is 3.02. The molecular formula is C24H31NO6. The van der Waals surface area contributed by atoms with Gasteiger partial charge in [-0.15, -0.1) is 0 Å². The Morgan fingerprint density at radius 3 is 2.71 bits per heavy atom. The number of ether oxygens (including phenoxy) is 1. The second-order valence-corrected chi connectivity index (χ2v) is 8.49. The number of phenols is 1. The number of benzene rings is 1. The number of fused-ring (bicyclic) bond motifs is 1. The van der Waals surface area contributed by atoms with Gasteiger partial charge in [0.1, 0.15) is 5.75 Å². The molecule has 7 heteroatoms. The number of likely N-dealkylation sites (tertiary alicyclic amines) is 1. The molecule has 1 heterocycles. The molecule has 31 heavy (non-hydrogen) atoms. The van der Waals surface area contributed by atoms with E-state index in [0.29, 0.717) is 24.8 Å². The summed E-state index contributed by atoms with van der Waals surface area (Å²) in [6.45, 7) is 1.89. The fourth-order valence-electron chi connectivity index (χ4n) is 4.91. The second kappa shape index (κ2) is 9.77. The minimum Gasteiger partial charge on any atom is -0.508 e. The third kappa shape index (κ3) is 4.74. The molecule has 2 aliphatic rings. The molecule has 0 unspecified atom stereocenters. The zero-order valence-electron chi connectivity index (χ0n) is 18.2. The Morgan fingerprint density at radius 2 is 2.06 bits per heavy atom. The van der Waals surface area contributed by atoms with Crippen molar-refractivity contribution in [1.82, 2.24) is 4.90 Å². The quantitative estimate of drug-likeness (QED) is 0.432. The number of hydrogen-bond acceptors (Lipinski definition) is 6. The van der Waals surface area contributed by atoms with Crippen molar-refractivity contribution in [2.75, 3.05) is 27.4 Å². The van der Waals surface area contributed by atoms with Crippen LogP contribution in [0.1, 0.15) is 31.7 Å². The summed E-state index contributed by atoms with van der Waals surface area (Å²) in [5.74, 6) is -2.09. The van der Waals surface area contributed by atoms with Gasteiger partial charge in [-0.05, 0) is 55.0 Å². The molecule has 7 nitrogen and oxygen atoms in total. The van der Waals surface area contributed by atoms with E-state index in [1.807, 2.05) is 19.1 Å². The highest BCUT2D eigenvalue weighted by molar-refractivity contribution is 6.05. The van der Waals surface area contributed by atoms with Gasteiger partial charge in [-0.3, -0.25) is 14.5 Å². The van der Waals surface area contributed by atoms with E-state index in [4.69, 9.17) is 4.74 Å². The third-order valence-corrected chi connectivity index (χ3v) is 6.37. The SMILES string of the molecule is COCC1=C([C@H](O)CC/C(C)=C/c2cccc(O)c2)[C@H](CO)[C@@H]2C(=O)N(C)C(=O)[C@@H]2C1. The molecule has 0 radical (unpaired) electrons. The number of aromatic hydroxyl groups is 1. The molecule has 1 aromatic carbocycles. The van der Waals surface area contributed by atoms with Crippen molar-refractivity contribution in [3.63, 3.8) is 0 Å². The van der Waals surface area contributed by atoms with Gasteiger partial charge in [-0.2, -0.15) is 0 Å². The lowest BCUT2D eigenvalue weighted by atomic mass is 9.68. The average molecular weight is 430 g/mol. The van der Waals surface area contributed by atoms with Crippen LogP contribution in [0.25, 0.3) is 6.08 Å². The van der Waals surface area contributed by atoms with Crippen molar-refractivity contribution < 1.29 is 29.6 Å². The number of carbonyl (C=O) groups is 2. The Labute approximate surface area is 182 Å². The van der Waals surface area contributed by atoms with E-state index in [9.17, 15) is 24.9 Å². The van der Waals surface area contributed by atoms with Crippen molar-refractivity contribution >= 4 is 17.9 Å². The van der Waals surface area contributed by atoms with Gasteiger partial charge in [0.25, 0.3) is 0 Å². The van der Waals surface area contributed by atoms with Crippen LogP contribution in [0.2, 0.25) is 0 Å². The number of allylic oxidation sites excluding steroid dienone is 1. The van der Waals surface area contributed by atoms with E-state index in [1.54, 1.807) is 25.3 Å². The first-order valence-electron chi connectivity index (χ1n) is 10.6. The van der Waals surface area contributed by atoms with E-state index in [0.717, 1.165) is 21.6 Å². The maximum absolute atomic E-state index is 12.7. The fraction of sp³-hybridized carbons (Fsp3) is 0.500. The molecule has 1 aromatic rings. The normalized spacial score (nSPS) is 25.3. The first kappa shape index (κ1) is 23.2. The van der Waals surface area contributed by atoms with E-state index >= 15 is 0 Å². The first-order chi connectivity index (χ1) is 14.8. The number of carbonyl (C=O) groups excluding carboxylic acids is 2. The van der Waals surface area contributed by atoms with Gasteiger partial charge in [0.15, 0.2) is 0 Å². The lowest BCUT2D eigenvalue weighted by Gasteiger charge is -2.36. The van der Waals surface area contributed by atoms with Gasteiger partial charge in [-0.1, -0.05) is 23.8 Å². The Morgan fingerprint density at radius 1 is 1.32 bits per heavy atom. The predicted octanol–water partition coefficient (Wildman–Crippen LogP) is 2.12. The van der Waals surface area contributed by atoms with Gasteiger partial charge in [-0.25, -0.2) is 0 Å². The highest BCUT2D eigenvalue weighted by atomic mass is 16.5. The van der Waals surface area contributed by atoms with Gasteiger partial charge >= 0.3 is 0 Å². The Hall–Kier alpha value is -2.48. The predicted molar refractivity (Wildman–Crippen MR) is 116 cm³/mol. The number of imide groups is 1. The van der Waals surface area contributed by atoms with E-state index in [1.165, 1.54) is 7.05 Å². The first-order valence-corrected chi connectivity index (χ1v) is 10.6. The van der Waals surface area contributed by atoms with Crippen LogP contribution in [0.4, 0.5) is 0 Å². The molecule has 0 bridgehead atoms. The average Bonchev–Trinajstić information content (AvgIpc) is 2.95. The van der Waals surface area contributed by atoms with Crippen LogP contribution in [-0.4, -0.2) is 65.5 Å². The van der Waals surface area contributed by atoms with Crippen LogP contribution in [0.5, 0.6) is 5.75 Å².